The van der Waals surface area contributed by atoms with E-state index in [4.69, 9.17) is 4.74 Å². The van der Waals surface area contributed by atoms with Gasteiger partial charge in [0.05, 0.1) is 24.5 Å². The van der Waals surface area contributed by atoms with Crippen molar-refractivity contribution in [3.8, 4) is 0 Å². The van der Waals surface area contributed by atoms with E-state index in [2.05, 4.69) is 15.5 Å². The first-order valence-electron chi connectivity index (χ1n) is 11.3. The summed E-state index contributed by atoms with van der Waals surface area (Å²) in [5, 5.41) is 6.21. The van der Waals surface area contributed by atoms with E-state index in [0.717, 1.165) is 50.3 Å². The molecule has 3 fully saturated rings. The highest BCUT2D eigenvalue weighted by Crippen LogP contribution is 2.30. The first-order chi connectivity index (χ1) is 14.2. The number of hydrogen-bond donors (Lipinski definition) is 2. The van der Waals surface area contributed by atoms with Crippen LogP contribution in [0.2, 0.25) is 0 Å². The molecule has 158 valence electrons. The van der Waals surface area contributed by atoms with Gasteiger partial charge in [0.25, 0.3) is 5.91 Å². The summed E-state index contributed by atoms with van der Waals surface area (Å²) in [5.41, 5.74) is 2.34. The molecule has 0 atom stereocenters. The average molecular weight is 400 g/mol. The van der Waals surface area contributed by atoms with Crippen molar-refractivity contribution in [2.75, 3.05) is 43.1 Å². The zero-order valence-electron chi connectivity index (χ0n) is 17.3. The number of carbonyl (C=O) groups is 2. The summed E-state index contributed by atoms with van der Waals surface area (Å²) in [4.78, 5) is 27.5. The number of rotatable bonds is 6. The van der Waals surface area contributed by atoms with E-state index in [1.54, 1.807) is 0 Å². The Bertz CT molecular complexity index is 720. The van der Waals surface area contributed by atoms with Crippen LogP contribution in [0.25, 0.3) is 0 Å². The number of nitrogens with one attached hydrogen (secondary N) is 2. The Hall–Kier alpha value is -2.08. The maximum atomic E-state index is 13.0. The SMILES string of the molecule is O=C(NCC1CCCCC1)c1ccc(NC(=O)C2CCC2)cc1N1CCOCC1. The van der Waals surface area contributed by atoms with E-state index in [-0.39, 0.29) is 17.7 Å². The maximum absolute atomic E-state index is 13.0. The third kappa shape index (κ3) is 5.10. The van der Waals surface area contributed by atoms with E-state index >= 15 is 0 Å². The molecule has 6 nitrogen and oxygen atoms in total. The molecule has 2 amide bonds. The zero-order valence-corrected chi connectivity index (χ0v) is 17.3. The van der Waals surface area contributed by atoms with Gasteiger partial charge in [0.2, 0.25) is 5.91 Å². The largest absolute Gasteiger partial charge is 0.378 e. The van der Waals surface area contributed by atoms with Crippen molar-refractivity contribution < 1.29 is 14.3 Å². The van der Waals surface area contributed by atoms with Gasteiger partial charge in [-0.3, -0.25) is 9.59 Å². The predicted molar refractivity (Wildman–Crippen MR) is 114 cm³/mol. The fourth-order valence-corrected chi connectivity index (χ4v) is 4.51. The molecule has 3 aliphatic rings. The molecule has 2 aliphatic carbocycles. The van der Waals surface area contributed by atoms with Gasteiger partial charge in [0.1, 0.15) is 0 Å². The molecule has 1 heterocycles. The fourth-order valence-electron chi connectivity index (χ4n) is 4.51. The van der Waals surface area contributed by atoms with Crippen LogP contribution in [0.5, 0.6) is 0 Å². The van der Waals surface area contributed by atoms with Crippen LogP contribution < -0.4 is 15.5 Å². The first kappa shape index (κ1) is 20.2. The number of hydrogen-bond acceptors (Lipinski definition) is 4. The summed E-state index contributed by atoms with van der Waals surface area (Å²) in [7, 11) is 0. The van der Waals surface area contributed by atoms with Crippen LogP contribution >= 0.6 is 0 Å². The lowest BCUT2D eigenvalue weighted by Gasteiger charge is -2.31. The number of carbonyl (C=O) groups excluding carboxylic acids is 2. The molecule has 0 unspecified atom stereocenters. The van der Waals surface area contributed by atoms with Crippen LogP contribution in [0.15, 0.2) is 18.2 Å². The van der Waals surface area contributed by atoms with Gasteiger partial charge in [0.15, 0.2) is 0 Å². The van der Waals surface area contributed by atoms with Gasteiger partial charge in [-0.2, -0.15) is 0 Å². The molecular weight excluding hydrogens is 366 g/mol. The van der Waals surface area contributed by atoms with E-state index < -0.39 is 0 Å². The molecule has 1 saturated heterocycles. The molecule has 0 aromatic heterocycles. The van der Waals surface area contributed by atoms with Crippen molar-refractivity contribution in [2.45, 2.75) is 51.4 Å². The number of nitrogens with zero attached hydrogens (tertiary/aromatic N) is 1. The molecule has 0 spiro atoms. The molecule has 2 saturated carbocycles. The Morgan fingerprint density at radius 2 is 1.76 bits per heavy atom. The minimum Gasteiger partial charge on any atom is -0.378 e. The third-order valence-electron chi connectivity index (χ3n) is 6.61. The van der Waals surface area contributed by atoms with Crippen LogP contribution in [-0.2, 0) is 9.53 Å². The van der Waals surface area contributed by atoms with E-state index in [0.29, 0.717) is 24.7 Å². The lowest BCUT2D eigenvalue weighted by Crippen LogP contribution is -2.38. The second-order valence-corrected chi connectivity index (χ2v) is 8.66. The molecular formula is C23H33N3O3. The smallest absolute Gasteiger partial charge is 0.253 e. The number of anilines is 2. The van der Waals surface area contributed by atoms with Crippen molar-refractivity contribution in [2.24, 2.45) is 11.8 Å². The van der Waals surface area contributed by atoms with Crippen molar-refractivity contribution in [1.29, 1.82) is 0 Å². The van der Waals surface area contributed by atoms with Crippen molar-refractivity contribution >= 4 is 23.2 Å². The number of benzene rings is 1. The van der Waals surface area contributed by atoms with Gasteiger partial charge in [-0.25, -0.2) is 0 Å². The molecule has 1 aliphatic heterocycles. The highest BCUT2D eigenvalue weighted by Gasteiger charge is 2.26. The lowest BCUT2D eigenvalue weighted by molar-refractivity contribution is -0.122. The second kappa shape index (κ2) is 9.61. The normalized spacial score (nSPS) is 20.8. The molecule has 0 radical (unpaired) electrons. The third-order valence-corrected chi connectivity index (χ3v) is 6.61. The summed E-state index contributed by atoms with van der Waals surface area (Å²) in [5.74, 6) is 0.813. The van der Waals surface area contributed by atoms with Gasteiger partial charge < -0.3 is 20.3 Å². The van der Waals surface area contributed by atoms with Crippen LogP contribution in [-0.4, -0.2) is 44.7 Å². The van der Waals surface area contributed by atoms with Crippen LogP contribution in [0.1, 0.15) is 61.7 Å². The number of morpholine rings is 1. The lowest BCUT2D eigenvalue weighted by atomic mass is 9.85. The molecule has 2 N–H and O–H groups in total. The molecule has 1 aromatic carbocycles. The second-order valence-electron chi connectivity index (χ2n) is 8.66. The van der Waals surface area contributed by atoms with Gasteiger partial charge in [-0.05, 0) is 49.8 Å². The van der Waals surface area contributed by atoms with Crippen LogP contribution in [0.3, 0.4) is 0 Å². The Morgan fingerprint density at radius 3 is 2.45 bits per heavy atom. The van der Waals surface area contributed by atoms with Crippen LogP contribution in [0.4, 0.5) is 11.4 Å². The molecule has 6 heteroatoms. The van der Waals surface area contributed by atoms with Gasteiger partial charge >= 0.3 is 0 Å². The van der Waals surface area contributed by atoms with Crippen LogP contribution in [0, 0.1) is 11.8 Å². The number of amides is 2. The minimum absolute atomic E-state index is 0.0195. The Morgan fingerprint density at radius 1 is 1.00 bits per heavy atom. The summed E-state index contributed by atoms with van der Waals surface area (Å²) >= 11 is 0. The Balaban J connectivity index is 1.47. The van der Waals surface area contributed by atoms with Gasteiger partial charge in [-0.1, -0.05) is 25.7 Å². The zero-order chi connectivity index (χ0) is 20.1. The topological polar surface area (TPSA) is 70.7 Å². The fraction of sp³-hybridized carbons (Fsp3) is 0.652. The molecule has 0 bridgehead atoms. The van der Waals surface area contributed by atoms with E-state index in [1.807, 2.05) is 18.2 Å². The summed E-state index contributed by atoms with van der Waals surface area (Å²) in [6, 6.07) is 5.67. The van der Waals surface area contributed by atoms with Crippen molar-refractivity contribution in [3.63, 3.8) is 0 Å². The maximum Gasteiger partial charge on any atom is 0.253 e. The Labute approximate surface area is 173 Å². The molecule has 1 aromatic rings. The molecule has 29 heavy (non-hydrogen) atoms. The van der Waals surface area contributed by atoms with E-state index in [9.17, 15) is 9.59 Å². The quantitative estimate of drug-likeness (QED) is 0.767. The van der Waals surface area contributed by atoms with Gasteiger partial charge in [-0.15, -0.1) is 0 Å². The average Bonchev–Trinajstić information content (AvgIpc) is 2.72. The number of ether oxygens (including phenoxy) is 1. The summed E-state index contributed by atoms with van der Waals surface area (Å²) in [6.45, 7) is 3.57. The summed E-state index contributed by atoms with van der Waals surface area (Å²) < 4.78 is 5.48. The van der Waals surface area contributed by atoms with E-state index in [1.165, 1.54) is 32.1 Å². The summed E-state index contributed by atoms with van der Waals surface area (Å²) in [6.07, 6.45) is 9.37. The highest BCUT2D eigenvalue weighted by molar-refractivity contribution is 6.01. The predicted octanol–water partition coefficient (Wildman–Crippen LogP) is 3.57. The standard InChI is InChI=1S/C23H33N3O3/c27-22(18-7-4-8-18)25-19-9-10-20(21(15-19)26-11-13-29-14-12-26)23(28)24-16-17-5-2-1-3-6-17/h9-10,15,17-18H,1-8,11-14,16H2,(H,24,28)(H,25,27). The molecule has 4 rings (SSSR count). The van der Waals surface area contributed by atoms with Crippen molar-refractivity contribution in [3.05, 3.63) is 23.8 Å². The highest BCUT2D eigenvalue weighted by atomic mass is 16.5. The van der Waals surface area contributed by atoms with Crippen molar-refractivity contribution in [1.82, 2.24) is 5.32 Å². The minimum atomic E-state index is -0.0195. The Kier molecular flexibility index (Phi) is 6.70. The first-order valence-corrected chi connectivity index (χ1v) is 11.3. The monoisotopic (exact) mass is 399 g/mol. The van der Waals surface area contributed by atoms with Gasteiger partial charge in [0, 0.05) is 31.2 Å².